The SMILES string of the molecule is CCCC(C)CCSN. The maximum absolute atomic E-state index is 5.29. The van der Waals surface area contributed by atoms with Crippen LogP contribution < -0.4 is 5.14 Å². The Morgan fingerprint density at radius 3 is 2.56 bits per heavy atom. The molecule has 0 bridgehead atoms. The van der Waals surface area contributed by atoms with Crippen LogP contribution >= 0.6 is 11.9 Å². The number of hydrogen-bond acceptors (Lipinski definition) is 2. The van der Waals surface area contributed by atoms with Crippen molar-refractivity contribution in [2.45, 2.75) is 33.1 Å². The normalized spacial score (nSPS) is 13.7. The molecular formula is C7H17NS. The molecule has 0 radical (unpaired) electrons. The minimum Gasteiger partial charge on any atom is -0.278 e. The quantitative estimate of drug-likeness (QED) is 0.604. The van der Waals surface area contributed by atoms with Crippen LogP contribution in [0.5, 0.6) is 0 Å². The van der Waals surface area contributed by atoms with Crippen molar-refractivity contribution in [3.05, 3.63) is 0 Å². The van der Waals surface area contributed by atoms with Crippen molar-refractivity contribution < 1.29 is 0 Å². The summed E-state index contributed by atoms with van der Waals surface area (Å²) in [6, 6.07) is 0. The molecule has 1 unspecified atom stereocenters. The first kappa shape index (κ1) is 9.31. The monoisotopic (exact) mass is 147 g/mol. The van der Waals surface area contributed by atoms with Gasteiger partial charge in [0.1, 0.15) is 0 Å². The van der Waals surface area contributed by atoms with E-state index >= 15 is 0 Å². The Bertz CT molecular complexity index is 56.9. The van der Waals surface area contributed by atoms with Gasteiger partial charge < -0.3 is 0 Å². The molecule has 9 heavy (non-hydrogen) atoms. The molecule has 0 saturated heterocycles. The third-order valence-electron chi connectivity index (χ3n) is 1.51. The smallest absolute Gasteiger partial charge is 0.00789 e. The molecule has 0 aromatic carbocycles. The first-order chi connectivity index (χ1) is 4.31. The van der Waals surface area contributed by atoms with Crippen LogP contribution in [-0.4, -0.2) is 5.75 Å². The predicted octanol–water partition coefficient (Wildman–Crippen LogP) is 2.42. The zero-order valence-electron chi connectivity index (χ0n) is 6.39. The highest BCUT2D eigenvalue weighted by Crippen LogP contribution is 2.11. The second-order valence-electron chi connectivity index (χ2n) is 2.55. The van der Waals surface area contributed by atoms with Crippen molar-refractivity contribution in [3.63, 3.8) is 0 Å². The Kier molecular flexibility index (Phi) is 6.65. The molecule has 0 aliphatic carbocycles. The van der Waals surface area contributed by atoms with Crippen LogP contribution in [0.1, 0.15) is 33.1 Å². The molecule has 0 fully saturated rings. The molecule has 1 nitrogen and oxygen atoms in total. The van der Waals surface area contributed by atoms with Gasteiger partial charge in [-0.1, -0.05) is 38.6 Å². The van der Waals surface area contributed by atoms with Crippen molar-refractivity contribution >= 4 is 11.9 Å². The van der Waals surface area contributed by atoms with Crippen LogP contribution in [0.15, 0.2) is 0 Å². The summed E-state index contributed by atoms with van der Waals surface area (Å²) in [5.74, 6) is 1.98. The van der Waals surface area contributed by atoms with Gasteiger partial charge in [0.2, 0.25) is 0 Å². The molecule has 0 saturated carbocycles. The maximum atomic E-state index is 5.29. The summed E-state index contributed by atoms with van der Waals surface area (Å²) in [5, 5.41) is 5.29. The van der Waals surface area contributed by atoms with Gasteiger partial charge in [-0.05, 0) is 12.3 Å². The Hall–Kier alpha value is 0.310. The second-order valence-corrected chi connectivity index (χ2v) is 3.29. The summed E-state index contributed by atoms with van der Waals surface area (Å²) in [4.78, 5) is 0. The fraction of sp³-hybridized carbons (Fsp3) is 1.00. The van der Waals surface area contributed by atoms with Crippen LogP contribution in [0, 0.1) is 5.92 Å². The van der Waals surface area contributed by atoms with E-state index in [-0.39, 0.29) is 0 Å². The molecule has 2 N–H and O–H groups in total. The zero-order valence-corrected chi connectivity index (χ0v) is 7.21. The fourth-order valence-electron chi connectivity index (χ4n) is 0.906. The molecule has 0 heterocycles. The zero-order chi connectivity index (χ0) is 7.11. The van der Waals surface area contributed by atoms with E-state index < -0.39 is 0 Å². The number of rotatable bonds is 5. The molecule has 0 aromatic heterocycles. The lowest BCUT2D eigenvalue weighted by Crippen LogP contribution is -1.96. The highest BCUT2D eigenvalue weighted by Gasteiger charge is 1.97. The summed E-state index contributed by atoms with van der Waals surface area (Å²) < 4.78 is 0. The van der Waals surface area contributed by atoms with Gasteiger partial charge in [-0.25, -0.2) is 0 Å². The molecular weight excluding hydrogens is 130 g/mol. The van der Waals surface area contributed by atoms with E-state index in [9.17, 15) is 0 Å². The summed E-state index contributed by atoms with van der Waals surface area (Å²) in [5.41, 5.74) is 0. The average molecular weight is 147 g/mol. The Balaban J connectivity index is 2.95. The Morgan fingerprint density at radius 1 is 1.44 bits per heavy atom. The molecule has 0 aliphatic heterocycles. The van der Waals surface area contributed by atoms with E-state index in [0.717, 1.165) is 11.7 Å². The van der Waals surface area contributed by atoms with Gasteiger partial charge in [-0.3, -0.25) is 5.14 Å². The predicted molar refractivity (Wildman–Crippen MR) is 45.3 cm³/mol. The van der Waals surface area contributed by atoms with Gasteiger partial charge in [0, 0.05) is 5.75 Å². The lowest BCUT2D eigenvalue weighted by Gasteiger charge is -2.06. The van der Waals surface area contributed by atoms with Crippen molar-refractivity contribution in [1.29, 1.82) is 0 Å². The van der Waals surface area contributed by atoms with Crippen LogP contribution in [0.4, 0.5) is 0 Å². The van der Waals surface area contributed by atoms with Crippen LogP contribution in [0.2, 0.25) is 0 Å². The minimum absolute atomic E-state index is 0.867. The standard InChI is InChI=1S/C7H17NS/c1-3-4-7(2)5-6-9-8/h7H,3-6,8H2,1-2H3. The molecule has 0 aliphatic rings. The molecule has 0 spiro atoms. The van der Waals surface area contributed by atoms with Gasteiger partial charge >= 0.3 is 0 Å². The van der Waals surface area contributed by atoms with Gasteiger partial charge in [0.05, 0.1) is 0 Å². The van der Waals surface area contributed by atoms with Gasteiger partial charge in [-0.2, -0.15) is 0 Å². The number of nitrogens with two attached hydrogens (primary N) is 1. The second kappa shape index (κ2) is 6.43. The summed E-state index contributed by atoms with van der Waals surface area (Å²) in [7, 11) is 0. The van der Waals surface area contributed by atoms with E-state index in [1.807, 2.05) is 0 Å². The molecule has 0 amide bonds. The lowest BCUT2D eigenvalue weighted by atomic mass is 10.0. The maximum Gasteiger partial charge on any atom is 0.00789 e. The fourth-order valence-corrected chi connectivity index (χ4v) is 1.44. The third kappa shape index (κ3) is 6.19. The lowest BCUT2D eigenvalue weighted by molar-refractivity contribution is 0.513. The Labute approximate surface area is 62.5 Å². The molecule has 0 aromatic rings. The van der Waals surface area contributed by atoms with Crippen molar-refractivity contribution in [3.8, 4) is 0 Å². The van der Waals surface area contributed by atoms with Gasteiger partial charge in [0.25, 0.3) is 0 Å². The average Bonchev–Trinajstić information content (AvgIpc) is 1.85. The van der Waals surface area contributed by atoms with Crippen LogP contribution in [0.25, 0.3) is 0 Å². The minimum atomic E-state index is 0.867. The topological polar surface area (TPSA) is 26.0 Å². The molecule has 56 valence electrons. The highest BCUT2D eigenvalue weighted by molar-refractivity contribution is 7.97. The van der Waals surface area contributed by atoms with E-state index in [1.165, 1.54) is 31.2 Å². The van der Waals surface area contributed by atoms with Crippen LogP contribution in [-0.2, 0) is 0 Å². The van der Waals surface area contributed by atoms with Gasteiger partial charge in [0.15, 0.2) is 0 Å². The van der Waals surface area contributed by atoms with Crippen molar-refractivity contribution in [2.75, 3.05) is 5.75 Å². The van der Waals surface area contributed by atoms with E-state index in [4.69, 9.17) is 5.14 Å². The largest absolute Gasteiger partial charge is 0.278 e. The molecule has 2 heteroatoms. The van der Waals surface area contributed by atoms with E-state index in [0.29, 0.717) is 0 Å². The van der Waals surface area contributed by atoms with E-state index in [1.54, 1.807) is 0 Å². The van der Waals surface area contributed by atoms with Crippen molar-refractivity contribution in [1.82, 2.24) is 0 Å². The first-order valence-electron chi connectivity index (χ1n) is 3.63. The summed E-state index contributed by atoms with van der Waals surface area (Å²) >= 11 is 1.46. The van der Waals surface area contributed by atoms with Crippen molar-refractivity contribution in [2.24, 2.45) is 11.1 Å². The highest BCUT2D eigenvalue weighted by atomic mass is 32.2. The third-order valence-corrected chi connectivity index (χ3v) is 1.98. The molecule has 1 atom stereocenters. The summed E-state index contributed by atoms with van der Waals surface area (Å²) in [6.45, 7) is 4.52. The summed E-state index contributed by atoms with van der Waals surface area (Å²) in [6.07, 6.45) is 3.92. The number of hydrogen-bond donors (Lipinski definition) is 1. The Morgan fingerprint density at radius 2 is 2.11 bits per heavy atom. The first-order valence-corrected chi connectivity index (χ1v) is 4.67. The van der Waals surface area contributed by atoms with E-state index in [2.05, 4.69) is 13.8 Å². The molecule has 0 rings (SSSR count). The van der Waals surface area contributed by atoms with Crippen LogP contribution in [0.3, 0.4) is 0 Å². The van der Waals surface area contributed by atoms with Gasteiger partial charge in [-0.15, -0.1) is 0 Å².